The summed E-state index contributed by atoms with van der Waals surface area (Å²) in [5.74, 6) is -0.750. The summed E-state index contributed by atoms with van der Waals surface area (Å²) >= 11 is 0. The number of carbonyl (C=O) groups excluding carboxylic acids is 1. The Morgan fingerprint density at radius 1 is 1.05 bits per heavy atom. The van der Waals surface area contributed by atoms with E-state index in [0.717, 1.165) is 12.8 Å². The van der Waals surface area contributed by atoms with Gasteiger partial charge in [-0.3, -0.25) is 4.79 Å². The molecule has 0 bridgehead atoms. The number of unbranched alkanes of at least 4 members (excludes halogenated alkanes) is 5. The van der Waals surface area contributed by atoms with E-state index >= 15 is 0 Å². The summed E-state index contributed by atoms with van der Waals surface area (Å²) in [5.41, 5.74) is 15.5. The molecule has 0 radical (unpaired) electrons. The van der Waals surface area contributed by atoms with Gasteiger partial charge in [-0.05, 0) is 6.42 Å². The number of carbonyl (C=O) groups is 1. The molecule has 110 valence electrons. The van der Waals surface area contributed by atoms with Crippen molar-refractivity contribution in [2.24, 2.45) is 27.2 Å². The Kier molecular flexibility index (Phi) is 10.2. The summed E-state index contributed by atoms with van der Waals surface area (Å²) in [4.78, 5) is 18.4. The summed E-state index contributed by atoms with van der Waals surface area (Å²) < 4.78 is 4.99. The quantitative estimate of drug-likeness (QED) is 0.243. The van der Waals surface area contributed by atoms with E-state index in [9.17, 15) is 4.79 Å². The molecule has 0 saturated carbocycles. The molecular formula is C12H25N5O2. The van der Waals surface area contributed by atoms with Crippen LogP contribution in [0.25, 0.3) is 0 Å². The van der Waals surface area contributed by atoms with E-state index in [1.54, 1.807) is 0 Å². The topological polar surface area (TPSA) is 129 Å². The lowest BCUT2D eigenvalue weighted by molar-refractivity contribution is -0.141. The highest BCUT2D eigenvalue weighted by molar-refractivity contribution is 5.93. The van der Waals surface area contributed by atoms with Gasteiger partial charge in [-0.15, -0.1) is 0 Å². The van der Waals surface area contributed by atoms with Gasteiger partial charge in [0.25, 0.3) is 0 Å². The molecule has 0 aliphatic rings. The Morgan fingerprint density at radius 3 is 2.32 bits per heavy atom. The molecular weight excluding hydrogens is 246 g/mol. The highest BCUT2D eigenvalue weighted by atomic mass is 16.5. The summed E-state index contributed by atoms with van der Waals surface area (Å²) in [6, 6.07) is 0. The van der Waals surface area contributed by atoms with E-state index in [-0.39, 0.29) is 18.5 Å². The molecule has 0 fully saturated rings. The number of hydrogen-bond donors (Lipinski definition) is 3. The van der Waals surface area contributed by atoms with Gasteiger partial charge < -0.3 is 21.9 Å². The molecule has 0 rings (SSSR count). The van der Waals surface area contributed by atoms with Gasteiger partial charge in [-0.1, -0.05) is 39.0 Å². The van der Waals surface area contributed by atoms with Crippen LogP contribution in [-0.4, -0.2) is 31.0 Å². The molecule has 0 amide bonds. The van der Waals surface area contributed by atoms with Gasteiger partial charge in [-0.25, -0.2) is 4.99 Å². The van der Waals surface area contributed by atoms with Crippen molar-refractivity contribution in [3.8, 4) is 0 Å². The van der Waals surface area contributed by atoms with Crippen LogP contribution in [0.5, 0.6) is 0 Å². The second kappa shape index (κ2) is 11.3. The summed E-state index contributed by atoms with van der Waals surface area (Å²) in [6.07, 6.45) is 6.86. The average Bonchev–Trinajstić information content (AvgIpc) is 2.34. The van der Waals surface area contributed by atoms with Crippen molar-refractivity contribution in [2.75, 3.05) is 13.2 Å². The van der Waals surface area contributed by atoms with Crippen LogP contribution >= 0.6 is 0 Å². The van der Waals surface area contributed by atoms with Gasteiger partial charge in [0.1, 0.15) is 6.54 Å². The van der Waals surface area contributed by atoms with Gasteiger partial charge >= 0.3 is 5.97 Å². The third kappa shape index (κ3) is 12.5. The fourth-order valence-corrected chi connectivity index (χ4v) is 1.43. The second-order valence-electron chi connectivity index (χ2n) is 4.20. The summed E-state index contributed by atoms with van der Waals surface area (Å²) in [6.45, 7) is 2.43. The first-order valence-corrected chi connectivity index (χ1v) is 6.61. The van der Waals surface area contributed by atoms with E-state index in [1.807, 2.05) is 0 Å². The normalized spacial score (nSPS) is 11.1. The van der Waals surface area contributed by atoms with Crippen LogP contribution in [0.15, 0.2) is 9.98 Å². The van der Waals surface area contributed by atoms with Gasteiger partial charge in [0.15, 0.2) is 5.96 Å². The molecule has 6 N–H and O–H groups in total. The predicted octanol–water partition coefficient (Wildman–Crippen LogP) is 0.478. The second-order valence-corrected chi connectivity index (χ2v) is 4.20. The van der Waals surface area contributed by atoms with Crippen molar-refractivity contribution in [3.05, 3.63) is 0 Å². The molecule has 0 unspecified atom stereocenters. The number of aliphatic imine (C=N–C) groups is 2. The van der Waals surface area contributed by atoms with E-state index in [2.05, 4.69) is 16.9 Å². The molecule has 0 aromatic heterocycles. The van der Waals surface area contributed by atoms with Gasteiger partial charge in [0.2, 0.25) is 5.96 Å². The van der Waals surface area contributed by atoms with Crippen LogP contribution in [0.4, 0.5) is 0 Å². The standard InChI is InChI=1S/C12H25N5O2/c1-2-3-4-5-6-7-8-19-10(18)9-16-12(15)17-11(13)14/h2-9H2,1H3,(H6,13,14,15,16,17). The molecule has 0 atom stereocenters. The third-order valence-corrected chi connectivity index (χ3v) is 2.37. The first kappa shape index (κ1) is 17.2. The summed E-state index contributed by atoms with van der Waals surface area (Å²) in [7, 11) is 0. The van der Waals surface area contributed by atoms with Crippen LogP contribution in [0.3, 0.4) is 0 Å². The van der Waals surface area contributed by atoms with Crippen molar-refractivity contribution in [1.29, 1.82) is 0 Å². The molecule has 0 aromatic carbocycles. The number of rotatable bonds is 9. The van der Waals surface area contributed by atoms with Crippen LogP contribution in [0, 0.1) is 0 Å². The number of nitrogens with two attached hydrogens (primary N) is 3. The Balaban J connectivity index is 3.57. The highest BCUT2D eigenvalue weighted by Gasteiger charge is 2.01. The number of esters is 1. The van der Waals surface area contributed by atoms with Crippen LogP contribution < -0.4 is 17.2 Å². The lowest BCUT2D eigenvalue weighted by Crippen LogP contribution is -2.26. The number of ether oxygens (including phenoxy) is 1. The molecule has 7 heteroatoms. The molecule has 0 aliphatic carbocycles. The smallest absolute Gasteiger partial charge is 0.327 e. The largest absolute Gasteiger partial charge is 0.464 e. The van der Waals surface area contributed by atoms with Crippen molar-refractivity contribution < 1.29 is 9.53 Å². The first-order valence-electron chi connectivity index (χ1n) is 6.61. The number of hydrogen-bond acceptors (Lipinski definition) is 3. The zero-order valence-electron chi connectivity index (χ0n) is 11.6. The predicted molar refractivity (Wildman–Crippen MR) is 76.6 cm³/mol. The molecule has 19 heavy (non-hydrogen) atoms. The molecule has 0 spiro atoms. The maximum Gasteiger partial charge on any atom is 0.327 e. The lowest BCUT2D eigenvalue weighted by Gasteiger charge is -2.03. The van der Waals surface area contributed by atoms with Crippen molar-refractivity contribution in [1.82, 2.24) is 0 Å². The Labute approximate surface area is 114 Å². The molecule has 7 nitrogen and oxygen atoms in total. The fourth-order valence-electron chi connectivity index (χ4n) is 1.43. The maximum absolute atomic E-state index is 11.3. The fraction of sp³-hybridized carbons (Fsp3) is 0.750. The van der Waals surface area contributed by atoms with E-state index in [1.165, 1.54) is 25.7 Å². The minimum Gasteiger partial charge on any atom is -0.464 e. The minimum absolute atomic E-state index is 0.128. The van der Waals surface area contributed by atoms with E-state index in [4.69, 9.17) is 21.9 Å². The van der Waals surface area contributed by atoms with Crippen LogP contribution in [-0.2, 0) is 9.53 Å². The van der Waals surface area contributed by atoms with Crippen molar-refractivity contribution in [2.45, 2.75) is 45.4 Å². The zero-order chi connectivity index (χ0) is 14.5. The Morgan fingerprint density at radius 2 is 1.68 bits per heavy atom. The third-order valence-electron chi connectivity index (χ3n) is 2.37. The number of nitrogens with zero attached hydrogens (tertiary/aromatic N) is 2. The van der Waals surface area contributed by atoms with Gasteiger partial charge in [0.05, 0.1) is 6.61 Å². The Hall–Kier alpha value is -1.79. The molecule has 0 saturated heterocycles. The minimum atomic E-state index is -0.428. The Bertz CT molecular complexity index is 311. The zero-order valence-corrected chi connectivity index (χ0v) is 11.6. The average molecular weight is 271 g/mol. The van der Waals surface area contributed by atoms with E-state index < -0.39 is 5.97 Å². The van der Waals surface area contributed by atoms with Crippen molar-refractivity contribution >= 4 is 17.9 Å². The monoisotopic (exact) mass is 271 g/mol. The highest BCUT2D eigenvalue weighted by Crippen LogP contribution is 2.04. The van der Waals surface area contributed by atoms with Crippen molar-refractivity contribution in [3.63, 3.8) is 0 Å². The van der Waals surface area contributed by atoms with Gasteiger partial charge in [0, 0.05) is 0 Å². The SMILES string of the molecule is CCCCCCCCOC(=O)CN=C(N)N=C(N)N. The first-order chi connectivity index (χ1) is 9.06. The summed E-state index contributed by atoms with van der Waals surface area (Å²) in [5, 5.41) is 0. The van der Waals surface area contributed by atoms with Crippen LogP contribution in [0.2, 0.25) is 0 Å². The van der Waals surface area contributed by atoms with Crippen LogP contribution in [0.1, 0.15) is 45.4 Å². The molecule has 0 aliphatic heterocycles. The maximum atomic E-state index is 11.3. The van der Waals surface area contributed by atoms with E-state index in [0.29, 0.717) is 6.61 Å². The molecule has 0 aromatic rings. The lowest BCUT2D eigenvalue weighted by atomic mass is 10.1. The number of guanidine groups is 2. The van der Waals surface area contributed by atoms with Gasteiger partial charge in [-0.2, -0.15) is 4.99 Å². The molecule has 0 heterocycles.